The molecule has 74 valence electrons. The predicted molar refractivity (Wildman–Crippen MR) is 50.5 cm³/mol. The third kappa shape index (κ3) is 2.06. The van der Waals surface area contributed by atoms with Crippen LogP contribution in [0.4, 0.5) is 0 Å². The molecule has 0 aliphatic carbocycles. The molecule has 4 heteroatoms. The van der Waals surface area contributed by atoms with Crippen molar-refractivity contribution in [3.8, 4) is 0 Å². The van der Waals surface area contributed by atoms with Gasteiger partial charge in [-0.3, -0.25) is 5.10 Å². The third-order valence-corrected chi connectivity index (χ3v) is 2.10. The van der Waals surface area contributed by atoms with E-state index in [-0.39, 0.29) is 0 Å². The number of methoxy groups -OCH3 is 1. The Bertz CT molecular complexity index is 278. The van der Waals surface area contributed by atoms with Gasteiger partial charge in [0.15, 0.2) is 5.82 Å². The number of hydrogen-bond acceptors (Lipinski definition) is 3. The number of H-pyrrole nitrogens is 1. The molecule has 1 N–H and O–H groups in total. The van der Waals surface area contributed by atoms with Gasteiger partial charge >= 0.3 is 0 Å². The summed E-state index contributed by atoms with van der Waals surface area (Å²) in [6.07, 6.45) is 0. The third-order valence-electron chi connectivity index (χ3n) is 2.10. The van der Waals surface area contributed by atoms with Crippen LogP contribution >= 0.6 is 0 Å². The van der Waals surface area contributed by atoms with Gasteiger partial charge in [0.05, 0.1) is 0 Å². The average molecular weight is 183 g/mol. The first kappa shape index (κ1) is 10.2. The molecule has 0 amide bonds. The van der Waals surface area contributed by atoms with E-state index in [2.05, 4.69) is 29.0 Å². The van der Waals surface area contributed by atoms with Crippen LogP contribution in [0.2, 0.25) is 0 Å². The van der Waals surface area contributed by atoms with E-state index in [1.807, 2.05) is 13.8 Å². The highest BCUT2D eigenvalue weighted by molar-refractivity contribution is 5.01. The largest absolute Gasteiger partial charge is 0.371 e. The van der Waals surface area contributed by atoms with Gasteiger partial charge in [0.1, 0.15) is 11.4 Å². The molecular weight excluding hydrogens is 166 g/mol. The van der Waals surface area contributed by atoms with Crippen LogP contribution in [0.5, 0.6) is 0 Å². The van der Waals surface area contributed by atoms with Crippen molar-refractivity contribution in [2.75, 3.05) is 7.11 Å². The molecule has 1 aromatic rings. The summed E-state index contributed by atoms with van der Waals surface area (Å²) in [7, 11) is 1.66. The van der Waals surface area contributed by atoms with Crippen molar-refractivity contribution >= 4 is 0 Å². The van der Waals surface area contributed by atoms with E-state index in [4.69, 9.17) is 4.74 Å². The van der Waals surface area contributed by atoms with Gasteiger partial charge < -0.3 is 4.74 Å². The number of nitrogens with one attached hydrogen (secondary N) is 1. The maximum Gasteiger partial charge on any atom is 0.181 e. The van der Waals surface area contributed by atoms with Crippen molar-refractivity contribution in [1.29, 1.82) is 0 Å². The minimum absolute atomic E-state index is 0.369. The van der Waals surface area contributed by atoms with Gasteiger partial charge in [-0.05, 0) is 13.8 Å². The second-order valence-electron chi connectivity index (χ2n) is 3.91. The SMILES string of the molecule is COC(C)(C)c1n[nH]c(C(C)C)n1. The maximum atomic E-state index is 5.27. The Labute approximate surface area is 78.7 Å². The highest BCUT2D eigenvalue weighted by Gasteiger charge is 2.25. The van der Waals surface area contributed by atoms with Crippen molar-refractivity contribution in [3.63, 3.8) is 0 Å². The summed E-state index contributed by atoms with van der Waals surface area (Å²) < 4.78 is 5.27. The molecule has 0 bridgehead atoms. The van der Waals surface area contributed by atoms with Crippen molar-refractivity contribution in [1.82, 2.24) is 15.2 Å². The summed E-state index contributed by atoms with van der Waals surface area (Å²) >= 11 is 0. The minimum Gasteiger partial charge on any atom is -0.371 e. The summed E-state index contributed by atoms with van der Waals surface area (Å²) in [6.45, 7) is 8.04. The molecule has 0 saturated carbocycles. The fourth-order valence-electron chi connectivity index (χ4n) is 0.893. The number of rotatable bonds is 3. The molecule has 1 heterocycles. The zero-order valence-electron chi connectivity index (χ0n) is 8.88. The van der Waals surface area contributed by atoms with Crippen LogP contribution < -0.4 is 0 Å². The van der Waals surface area contributed by atoms with E-state index in [1.165, 1.54) is 0 Å². The van der Waals surface area contributed by atoms with Crippen molar-refractivity contribution in [2.45, 2.75) is 39.2 Å². The van der Waals surface area contributed by atoms with Crippen molar-refractivity contribution < 1.29 is 4.74 Å². The Kier molecular flexibility index (Phi) is 2.71. The molecule has 0 atom stereocenters. The van der Waals surface area contributed by atoms with E-state index in [0.717, 1.165) is 5.82 Å². The maximum absolute atomic E-state index is 5.27. The lowest BCUT2D eigenvalue weighted by atomic mass is 10.1. The summed E-state index contributed by atoms with van der Waals surface area (Å²) in [5, 5.41) is 7.02. The van der Waals surface area contributed by atoms with Crippen LogP contribution in [0.1, 0.15) is 45.3 Å². The topological polar surface area (TPSA) is 50.8 Å². The van der Waals surface area contributed by atoms with Crippen LogP contribution in [-0.2, 0) is 10.3 Å². The molecule has 0 aliphatic heterocycles. The van der Waals surface area contributed by atoms with Gasteiger partial charge in [0, 0.05) is 13.0 Å². The Hall–Kier alpha value is -0.900. The molecule has 0 unspecified atom stereocenters. The van der Waals surface area contributed by atoms with E-state index in [1.54, 1.807) is 7.11 Å². The standard InChI is InChI=1S/C9H17N3O/c1-6(2)7-10-8(12-11-7)9(3,4)13-5/h6H,1-5H3,(H,10,11,12). The van der Waals surface area contributed by atoms with Gasteiger partial charge in [-0.15, -0.1) is 0 Å². The Morgan fingerprint density at radius 1 is 1.38 bits per heavy atom. The van der Waals surface area contributed by atoms with Crippen LogP contribution in [0, 0.1) is 0 Å². The zero-order valence-corrected chi connectivity index (χ0v) is 8.88. The normalized spacial score (nSPS) is 12.5. The van der Waals surface area contributed by atoms with E-state index < -0.39 is 5.60 Å². The molecule has 0 spiro atoms. The highest BCUT2D eigenvalue weighted by Crippen LogP contribution is 2.20. The number of aromatic nitrogens is 3. The molecule has 4 nitrogen and oxygen atoms in total. The second-order valence-corrected chi connectivity index (χ2v) is 3.91. The lowest BCUT2D eigenvalue weighted by Crippen LogP contribution is -2.21. The van der Waals surface area contributed by atoms with E-state index in [9.17, 15) is 0 Å². The van der Waals surface area contributed by atoms with E-state index in [0.29, 0.717) is 11.7 Å². The number of ether oxygens (including phenoxy) is 1. The highest BCUT2D eigenvalue weighted by atomic mass is 16.5. The number of nitrogens with zero attached hydrogens (tertiary/aromatic N) is 2. The first-order valence-corrected chi connectivity index (χ1v) is 4.45. The summed E-state index contributed by atoms with van der Waals surface area (Å²) in [6, 6.07) is 0. The van der Waals surface area contributed by atoms with Crippen LogP contribution in [0.25, 0.3) is 0 Å². The van der Waals surface area contributed by atoms with Gasteiger partial charge in [-0.2, -0.15) is 5.10 Å². The molecule has 1 aromatic heterocycles. The zero-order chi connectivity index (χ0) is 10.1. The predicted octanol–water partition coefficient (Wildman–Crippen LogP) is 1.81. The molecule has 0 aromatic carbocycles. The summed E-state index contributed by atoms with van der Waals surface area (Å²) in [4.78, 5) is 4.36. The van der Waals surface area contributed by atoms with E-state index >= 15 is 0 Å². The Morgan fingerprint density at radius 2 is 2.00 bits per heavy atom. The van der Waals surface area contributed by atoms with Gasteiger partial charge in [0.2, 0.25) is 0 Å². The summed E-state index contributed by atoms with van der Waals surface area (Å²) in [5.74, 6) is 1.98. The summed E-state index contributed by atoms with van der Waals surface area (Å²) in [5.41, 5.74) is -0.413. The molecule has 0 fully saturated rings. The van der Waals surface area contributed by atoms with Crippen LogP contribution in [-0.4, -0.2) is 22.3 Å². The van der Waals surface area contributed by atoms with Crippen LogP contribution in [0.15, 0.2) is 0 Å². The second kappa shape index (κ2) is 3.46. The van der Waals surface area contributed by atoms with Gasteiger partial charge in [0.25, 0.3) is 0 Å². The Morgan fingerprint density at radius 3 is 2.38 bits per heavy atom. The van der Waals surface area contributed by atoms with Crippen molar-refractivity contribution in [3.05, 3.63) is 11.6 Å². The molecule has 0 aliphatic rings. The average Bonchev–Trinajstić information content (AvgIpc) is 2.52. The first-order chi connectivity index (χ1) is 5.97. The molecule has 1 rings (SSSR count). The van der Waals surface area contributed by atoms with Gasteiger partial charge in [-0.1, -0.05) is 13.8 Å². The lowest BCUT2D eigenvalue weighted by Gasteiger charge is -2.18. The fourth-order valence-corrected chi connectivity index (χ4v) is 0.893. The minimum atomic E-state index is -0.413. The van der Waals surface area contributed by atoms with Crippen LogP contribution in [0.3, 0.4) is 0 Å². The quantitative estimate of drug-likeness (QED) is 0.777. The smallest absolute Gasteiger partial charge is 0.181 e. The monoisotopic (exact) mass is 183 g/mol. The number of hydrogen-bond donors (Lipinski definition) is 1. The lowest BCUT2D eigenvalue weighted by molar-refractivity contribution is 0.0117. The molecule has 0 radical (unpaired) electrons. The molecule has 0 saturated heterocycles. The molecular formula is C9H17N3O. The first-order valence-electron chi connectivity index (χ1n) is 4.45. The van der Waals surface area contributed by atoms with Crippen molar-refractivity contribution in [2.24, 2.45) is 0 Å². The fraction of sp³-hybridized carbons (Fsp3) is 0.778. The Balaban J connectivity index is 2.91. The molecule has 13 heavy (non-hydrogen) atoms. The number of aromatic amines is 1. The van der Waals surface area contributed by atoms with Gasteiger partial charge in [-0.25, -0.2) is 4.98 Å².